The Kier molecular flexibility index (Phi) is 5.13. The minimum absolute atomic E-state index is 0.0225. The number of fused-ring (bicyclic) bond motifs is 1. The summed E-state index contributed by atoms with van der Waals surface area (Å²) in [4.78, 5) is 22.4. The molecule has 1 N–H and O–H groups in total. The highest BCUT2D eigenvalue weighted by Gasteiger charge is 2.22. The molecular weight excluding hydrogens is 356 g/mol. The van der Waals surface area contributed by atoms with Crippen molar-refractivity contribution in [3.8, 4) is 23.3 Å². The van der Waals surface area contributed by atoms with E-state index in [-0.39, 0.29) is 36.1 Å². The van der Waals surface area contributed by atoms with Crippen LogP contribution in [0.25, 0.3) is 0 Å². The second-order valence-electron chi connectivity index (χ2n) is 5.21. The number of ether oxygens (including phenoxy) is 3. The van der Waals surface area contributed by atoms with E-state index in [1.54, 1.807) is 24.3 Å². The van der Waals surface area contributed by atoms with Crippen molar-refractivity contribution in [1.82, 2.24) is 5.43 Å². The third kappa shape index (κ3) is 4.10. The first-order chi connectivity index (χ1) is 13.1. The second-order valence-corrected chi connectivity index (χ2v) is 5.21. The van der Waals surface area contributed by atoms with Crippen LogP contribution in [-0.2, 0) is 4.79 Å². The largest absolute Gasteiger partial charge is 0.482 e. The van der Waals surface area contributed by atoms with Crippen LogP contribution >= 0.6 is 0 Å². The Morgan fingerprint density at radius 2 is 2.11 bits per heavy atom. The molecule has 1 aliphatic rings. The smallest absolute Gasteiger partial charge is 0.282 e. The number of nitro benzene ring substituents is 1. The molecule has 136 valence electrons. The van der Waals surface area contributed by atoms with Gasteiger partial charge in [-0.3, -0.25) is 14.9 Å². The van der Waals surface area contributed by atoms with Crippen molar-refractivity contribution < 1.29 is 23.9 Å². The lowest BCUT2D eigenvalue weighted by Gasteiger charge is -2.06. The molecule has 0 atom stereocenters. The van der Waals surface area contributed by atoms with Gasteiger partial charge < -0.3 is 14.2 Å². The van der Waals surface area contributed by atoms with Gasteiger partial charge in [-0.2, -0.15) is 10.4 Å². The van der Waals surface area contributed by atoms with Crippen molar-refractivity contribution in [3.63, 3.8) is 0 Å². The lowest BCUT2D eigenvalue weighted by molar-refractivity contribution is -0.385. The first kappa shape index (κ1) is 17.7. The Morgan fingerprint density at radius 3 is 2.85 bits per heavy atom. The minimum atomic E-state index is -0.595. The van der Waals surface area contributed by atoms with E-state index in [1.165, 1.54) is 12.1 Å². The van der Waals surface area contributed by atoms with Crippen LogP contribution < -0.4 is 19.6 Å². The maximum Gasteiger partial charge on any atom is 0.282 e. The lowest BCUT2D eigenvalue weighted by Crippen LogP contribution is -2.24. The zero-order valence-corrected chi connectivity index (χ0v) is 13.7. The molecule has 27 heavy (non-hydrogen) atoms. The molecule has 0 unspecified atom stereocenters. The van der Waals surface area contributed by atoms with Gasteiger partial charge in [0.05, 0.1) is 28.3 Å². The molecule has 0 fully saturated rings. The van der Waals surface area contributed by atoms with Crippen LogP contribution in [0, 0.1) is 21.4 Å². The van der Waals surface area contributed by atoms with Gasteiger partial charge in [0.1, 0.15) is 11.8 Å². The highest BCUT2D eigenvalue weighted by molar-refractivity contribution is 5.88. The summed E-state index contributed by atoms with van der Waals surface area (Å²) >= 11 is 0. The Morgan fingerprint density at radius 1 is 1.37 bits per heavy atom. The number of hydrogen-bond donors (Lipinski definition) is 1. The molecule has 0 saturated carbocycles. The van der Waals surface area contributed by atoms with E-state index < -0.39 is 10.8 Å². The minimum Gasteiger partial charge on any atom is -0.482 e. The van der Waals surface area contributed by atoms with Crippen LogP contribution in [0.5, 0.6) is 17.2 Å². The molecule has 3 rings (SSSR count). The molecule has 1 aliphatic heterocycles. The third-order valence-corrected chi connectivity index (χ3v) is 3.48. The third-order valence-electron chi connectivity index (χ3n) is 3.48. The van der Waals surface area contributed by atoms with Crippen molar-refractivity contribution in [1.29, 1.82) is 5.26 Å². The van der Waals surface area contributed by atoms with Crippen LogP contribution in [0.4, 0.5) is 5.69 Å². The first-order valence-corrected chi connectivity index (χ1v) is 7.60. The van der Waals surface area contributed by atoms with E-state index in [4.69, 9.17) is 19.5 Å². The van der Waals surface area contributed by atoms with Crippen LogP contribution in [0.15, 0.2) is 41.5 Å². The standard InChI is InChI=1S/C17H12N4O6/c18-7-11-3-1-2-4-14(11)25-9-17(22)20-19-8-12-5-15-16(27-10-26-15)6-13(12)21(23)24/h1-6,8H,9-10H2,(H,20,22)/b19-8-. The molecule has 1 heterocycles. The summed E-state index contributed by atoms with van der Waals surface area (Å²) in [6.07, 6.45) is 1.13. The molecule has 0 saturated heterocycles. The highest BCUT2D eigenvalue weighted by Crippen LogP contribution is 2.37. The van der Waals surface area contributed by atoms with E-state index in [2.05, 4.69) is 10.5 Å². The molecular formula is C17H12N4O6. The summed E-state index contributed by atoms with van der Waals surface area (Å²) in [6, 6.07) is 11.0. The first-order valence-electron chi connectivity index (χ1n) is 7.60. The summed E-state index contributed by atoms with van der Waals surface area (Å²) in [5.74, 6) is 0.296. The predicted molar refractivity (Wildman–Crippen MR) is 91.6 cm³/mol. The SMILES string of the molecule is N#Cc1ccccc1OCC(=O)N/N=C\c1cc2c(cc1[N+](=O)[O-])OCO2. The summed E-state index contributed by atoms with van der Waals surface area (Å²) in [5.41, 5.74) is 2.40. The Balaban J connectivity index is 1.63. The fourth-order valence-corrected chi connectivity index (χ4v) is 2.24. The summed E-state index contributed by atoms with van der Waals surface area (Å²) in [5, 5.41) is 23.8. The van der Waals surface area contributed by atoms with E-state index in [1.807, 2.05) is 6.07 Å². The van der Waals surface area contributed by atoms with Crippen LogP contribution in [0.3, 0.4) is 0 Å². The van der Waals surface area contributed by atoms with E-state index >= 15 is 0 Å². The van der Waals surface area contributed by atoms with E-state index in [9.17, 15) is 14.9 Å². The maximum absolute atomic E-state index is 11.8. The van der Waals surface area contributed by atoms with Crippen molar-refractivity contribution >= 4 is 17.8 Å². The van der Waals surface area contributed by atoms with Gasteiger partial charge in [-0.15, -0.1) is 0 Å². The number of hydrogen-bond acceptors (Lipinski definition) is 8. The molecule has 0 spiro atoms. The van der Waals surface area contributed by atoms with Crippen molar-refractivity contribution in [2.24, 2.45) is 5.10 Å². The Bertz CT molecular complexity index is 966. The van der Waals surface area contributed by atoms with Gasteiger partial charge in [0.2, 0.25) is 6.79 Å². The molecule has 0 aromatic heterocycles. The number of nitro groups is 1. The van der Waals surface area contributed by atoms with Crippen LogP contribution in [0.2, 0.25) is 0 Å². The zero-order valence-electron chi connectivity index (χ0n) is 13.7. The predicted octanol–water partition coefficient (Wildman–Crippen LogP) is 1.72. The number of carbonyl (C=O) groups excluding carboxylic acids is 1. The number of para-hydroxylation sites is 1. The molecule has 10 heteroatoms. The fraction of sp³-hybridized carbons (Fsp3) is 0.118. The van der Waals surface area contributed by atoms with Gasteiger partial charge in [-0.05, 0) is 18.2 Å². The number of carbonyl (C=O) groups is 1. The molecule has 10 nitrogen and oxygen atoms in total. The second kappa shape index (κ2) is 7.83. The lowest BCUT2D eigenvalue weighted by atomic mass is 10.1. The monoisotopic (exact) mass is 368 g/mol. The van der Waals surface area contributed by atoms with Crippen LogP contribution in [-0.4, -0.2) is 30.4 Å². The number of amides is 1. The molecule has 0 radical (unpaired) electrons. The van der Waals surface area contributed by atoms with Gasteiger partial charge in [-0.25, -0.2) is 5.43 Å². The number of nitriles is 1. The van der Waals surface area contributed by atoms with Gasteiger partial charge >= 0.3 is 0 Å². The number of nitrogens with one attached hydrogen (secondary N) is 1. The quantitative estimate of drug-likeness (QED) is 0.466. The fourth-order valence-electron chi connectivity index (χ4n) is 2.24. The molecule has 1 amide bonds. The number of benzene rings is 2. The number of hydrazone groups is 1. The van der Waals surface area contributed by atoms with Crippen LogP contribution in [0.1, 0.15) is 11.1 Å². The summed E-state index contributed by atoms with van der Waals surface area (Å²) in [6.45, 7) is -0.398. The average Bonchev–Trinajstić information content (AvgIpc) is 3.13. The average molecular weight is 368 g/mol. The molecule has 2 aromatic rings. The highest BCUT2D eigenvalue weighted by atomic mass is 16.7. The number of rotatable bonds is 6. The Labute approximate surface area is 152 Å². The van der Waals surface area contributed by atoms with Gasteiger partial charge in [0, 0.05) is 0 Å². The molecule has 2 aromatic carbocycles. The number of nitrogens with zero attached hydrogens (tertiary/aromatic N) is 3. The maximum atomic E-state index is 11.8. The van der Waals surface area contributed by atoms with Crippen molar-refractivity contribution in [2.75, 3.05) is 13.4 Å². The topological polar surface area (TPSA) is 136 Å². The summed E-state index contributed by atoms with van der Waals surface area (Å²) in [7, 11) is 0. The zero-order chi connectivity index (χ0) is 19.2. The Hall–Kier alpha value is -4.13. The van der Waals surface area contributed by atoms with Crippen molar-refractivity contribution in [3.05, 3.63) is 57.6 Å². The molecule has 0 bridgehead atoms. The van der Waals surface area contributed by atoms with Gasteiger partial charge in [0.25, 0.3) is 11.6 Å². The normalized spacial score (nSPS) is 11.8. The van der Waals surface area contributed by atoms with Gasteiger partial charge in [-0.1, -0.05) is 12.1 Å². The molecule has 0 aliphatic carbocycles. The van der Waals surface area contributed by atoms with Gasteiger partial charge in [0.15, 0.2) is 18.1 Å². The van der Waals surface area contributed by atoms with E-state index in [0.29, 0.717) is 11.3 Å². The summed E-state index contributed by atoms with van der Waals surface area (Å²) < 4.78 is 15.5. The van der Waals surface area contributed by atoms with E-state index in [0.717, 1.165) is 6.21 Å². The van der Waals surface area contributed by atoms with Crippen molar-refractivity contribution in [2.45, 2.75) is 0 Å².